The summed E-state index contributed by atoms with van der Waals surface area (Å²) in [6.45, 7) is 5.10. The fourth-order valence-corrected chi connectivity index (χ4v) is 2.22. The predicted molar refractivity (Wildman–Crippen MR) is 76.5 cm³/mol. The van der Waals surface area contributed by atoms with E-state index in [2.05, 4.69) is 10.3 Å². The lowest BCUT2D eigenvalue weighted by molar-refractivity contribution is 0.0754. The maximum absolute atomic E-state index is 11.7. The average Bonchev–Trinajstić information content (AvgIpc) is 2.82. The van der Waals surface area contributed by atoms with Crippen LogP contribution < -0.4 is 5.32 Å². The summed E-state index contributed by atoms with van der Waals surface area (Å²) in [5, 5.41) is 2.69. The number of halogens is 1. The summed E-state index contributed by atoms with van der Waals surface area (Å²) in [6, 6.07) is 1.21. The van der Waals surface area contributed by atoms with Crippen LogP contribution in [0.1, 0.15) is 37.2 Å². The quantitative estimate of drug-likeness (QED) is 0.565. The minimum absolute atomic E-state index is 0.116. The zero-order valence-corrected chi connectivity index (χ0v) is 13.1. The second-order valence-electron chi connectivity index (χ2n) is 4.57. The van der Waals surface area contributed by atoms with Crippen LogP contribution in [0, 0.1) is 0 Å². The standard InChI is InChI=1S/C12H19ClN2O4S/c1-9(2)19-6-4-3-5-14-12(16)11-7-10(8-15-11)20(13,17)18/h7-9,15H,3-6H2,1-2H3,(H,14,16). The molecule has 1 rings (SSSR count). The van der Waals surface area contributed by atoms with E-state index in [0.29, 0.717) is 13.2 Å². The number of carbonyl (C=O) groups excluding carboxylic acids is 1. The lowest BCUT2D eigenvalue weighted by Crippen LogP contribution is -2.25. The van der Waals surface area contributed by atoms with Gasteiger partial charge in [0.15, 0.2) is 0 Å². The van der Waals surface area contributed by atoms with Crippen LogP contribution in [0.4, 0.5) is 0 Å². The molecule has 6 nitrogen and oxygen atoms in total. The zero-order chi connectivity index (χ0) is 15.2. The molecule has 1 aromatic rings. The Morgan fingerprint density at radius 2 is 2.15 bits per heavy atom. The first-order valence-corrected chi connectivity index (χ1v) is 8.64. The van der Waals surface area contributed by atoms with Crippen molar-refractivity contribution in [2.24, 2.45) is 0 Å². The number of rotatable bonds is 8. The highest BCUT2D eigenvalue weighted by atomic mass is 35.7. The van der Waals surface area contributed by atoms with Crippen LogP contribution in [0.15, 0.2) is 17.2 Å². The Labute approximate surface area is 123 Å². The van der Waals surface area contributed by atoms with Crippen molar-refractivity contribution in [3.8, 4) is 0 Å². The van der Waals surface area contributed by atoms with Crippen LogP contribution in [0.5, 0.6) is 0 Å². The number of H-pyrrole nitrogens is 1. The molecule has 20 heavy (non-hydrogen) atoms. The molecule has 0 saturated carbocycles. The van der Waals surface area contributed by atoms with Gasteiger partial charge >= 0.3 is 0 Å². The van der Waals surface area contributed by atoms with Crippen molar-refractivity contribution in [2.45, 2.75) is 37.7 Å². The first kappa shape index (κ1) is 17.0. The maximum atomic E-state index is 11.7. The van der Waals surface area contributed by atoms with Gasteiger partial charge in [0, 0.05) is 30.0 Å². The molecule has 2 N–H and O–H groups in total. The van der Waals surface area contributed by atoms with E-state index in [1.165, 1.54) is 12.3 Å². The Kier molecular flexibility index (Phi) is 6.51. The van der Waals surface area contributed by atoms with Gasteiger partial charge in [-0.25, -0.2) is 8.42 Å². The molecule has 1 amide bonds. The third-order valence-electron chi connectivity index (χ3n) is 2.49. The molecule has 1 aromatic heterocycles. The minimum Gasteiger partial charge on any atom is -0.379 e. The van der Waals surface area contributed by atoms with Crippen molar-refractivity contribution in [2.75, 3.05) is 13.2 Å². The van der Waals surface area contributed by atoms with E-state index < -0.39 is 9.05 Å². The molecule has 0 aliphatic carbocycles. The second-order valence-corrected chi connectivity index (χ2v) is 7.14. The number of aromatic amines is 1. The van der Waals surface area contributed by atoms with Gasteiger partial charge < -0.3 is 15.0 Å². The van der Waals surface area contributed by atoms with Gasteiger partial charge in [-0.05, 0) is 32.8 Å². The number of unbranched alkanes of at least 4 members (excludes halogenated alkanes) is 1. The first-order chi connectivity index (χ1) is 9.30. The lowest BCUT2D eigenvalue weighted by Gasteiger charge is -2.07. The fraction of sp³-hybridized carbons (Fsp3) is 0.583. The summed E-state index contributed by atoms with van der Waals surface area (Å²) in [7, 11) is 1.36. The molecule has 8 heteroatoms. The third kappa shape index (κ3) is 5.94. The van der Waals surface area contributed by atoms with Crippen molar-refractivity contribution in [3.05, 3.63) is 18.0 Å². The summed E-state index contributed by atoms with van der Waals surface area (Å²) in [6.07, 6.45) is 3.04. The monoisotopic (exact) mass is 322 g/mol. The second kappa shape index (κ2) is 7.66. The fourth-order valence-electron chi connectivity index (χ4n) is 1.49. The maximum Gasteiger partial charge on any atom is 0.267 e. The summed E-state index contributed by atoms with van der Waals surface area (Å²) in [5.74, 6) is -0.360. The number of ether oxygens (including phenoxy) is 1. The molecular formula is C12H19ClN2O4S. The molecule has 0 aromatic carbocycles. The molecule has 1 heterocycles. The molecule has 0 aliphatic heterocycles. The average molecular weight is 323 g/mol. The van der Waals surface area contributed by atoms with Crippen molar-refractivity contribution < 1.29 is 17.9 Å². The Balaban J connectivity index is 2.31. The molecule has 0 aliphatic rings. The Morgan fingerprint density at radius 3 is 2.70 bits per heavy atom. The number of aromatic nitrogens is 1. The summed E-state index contributed by atoms with van der Waals surface area (Å²) < 4.78 is 27.5. The van der Waals surface area contributed by atoms with Gasteiger partial charge in [0.2, 0.25) is 0 Å². The number of nitrogens with one attached hydrogen (secondary N) is 2. The van der Waals surface area contributed by atoms with E-state index in [1.807, 2.05) is 13.8 Å². The molecule has 0 fully saturated rings. The zero-order valence-electron chi connectivity index (χ0n) is 11.5. The topological polar surface area (TPSA) is 88.3 Å². The third-order valence-corrected chi connectivity index (χ3v) is 3.82. The van der Waals surface area contributed by atoms with Gasteiger partial charge in [0.1, 0.15) is 10.6 Å². The van der Waals surface area contributed by atoms with Gasteiger partial charge in [0.05, 0.1) is 6.10 Å². The lowest BCUT2D eigenvalue weighted by atomic mass is 10.3. The molecule has 0 atom stereocenters. The first-order valence-electron chi connectivity index (χ1n) is 6.33. The Bertz CT molecular complexity index is 539. The van der Waals surface area contributed by atoms with Crippen molar-refractivity contribution in [3.63, 3.8) is 0 Å². The van der Waals surface area contributed by atoms with Crippen LogP contribution in [0.2, 0.25) is 0 Å². The Morgan fingerprint density at radius 1 is 1.45 bits per heavy atom. The van der Waals surface area contributed by atoms with Gasteiger partial charge in [-0.2, -0.15) is 0 Å². The number of hydrogen-bond acceptors (Lipinski definition) is 4. The minimum atomic E-state index is -3.81. The highest BCUT2D eigenvalue weighted by Gasteiger charge is 2.15. The molecule has 114 valence electrons. The van der Waals surface area contributed by atoms with Gasteiger partial charge in [-0.3, -0.25) is 4.79 Å². The van der Waals surface area contributed by atoms with Crippen LogP contribution in [0.3, 0.4) is 0 Å². The van der Waals surface area contributed by atoms with E-state index in [0.717, 1.165) is 12.8 Å². The smallest absolute Gasteiger partial charge is 0.267 e. The highest BCUT2D eigenvalue weighted by Crippen LogP contribution is 2.15. The SMILES string of the molecule is CC(C)OCCCCNC(=O)c1cc(S(=O)(=O)Cl)c[nH]1. The van der Waals surface area contributed by atoms with Crippen LogP contribution >= 0.6 is 10.7 Å². The van der Waals surface area contributed by atoms with E-state index >= 15 is 0 Å². The van der Waals surface area contributed by atoms with Crippen LogP contribution in [-0.2, 0) is 13.8 Å². The number of hydrogen-bond donors (Lipinski definition) is 2. The predicted octanol–water partition coefficient (Wildman–Crippen LogP) is 1.88. The van der Waals surface area contributed by atoms with E-state index in [4.69, 9.17) is 15.4 Å². The van der Waals surface area contributed by atoms with E-state index in [1.54, 1.807) is 0 Å². The highest BCUT2D eigenvalue weighted by molar-refractivity contribution is 8.13. The van der Waals surface area contributed by atoms with Crippen LogP contribution in [0.25, 0.3) is 0 Å². The van der Waals surface area contributed by atoms with Gasteiger partial charge in [-0.1, -0.05) is 0 Å². The normalized spacial score (nSPS) is 11.8. The van der Waals surface area contributed by atoms with E-state index in [-0.39, 0.29) is 22.6 Å². The summed E-state index contributed by atoms with van der Waals surface area (Å²) >= 11 is 0. The van der Waals surface area contributed by atoms with Crippen LogP contribution in [-0.4, -0.2) is 38.6 Å². The summed E-state index contributed by atoms with van der Waals surface area (Å²) in [4.78, 5) is 14.2. The van der Waals surface area contributed by atoms with Crippen molar-refractivity contribution >= 4 is 25.6 Å². The molecular weight excluding hydrogens is 304 g/mol. The van der Waals surface area contributed by atoms with Crippen molar-refractivity contribution in [1.29, 1.82) is 0 Å². The van der Waals surface area contributed by atoms with Gasteiger partial charge in [0.25, 0.3) is 15.0 Å². The van der Waals surface area contributed by atoms with E-state index in [9.17, 15) is 13.2 Å². The largest absolute Gasteiger partial charge is 0.379 e. The molecule has 0 saturated heterocycles. The molecule has 0 radical (unpaired) electrons. The Hall–Kier alpha value is -1.05. The molecule has 0 unspecified atom stereocenters. The molecule has 0 bridgehead atoms. The molecule has 0 spiro atoms. The van der Waals surface area contributed by atoms with Crippen molar-refractivity contribution in [1.82, 2.24) is 10.3 Å². The van der Waals surface area contributed by atoms with Gasteiger partial charge in [-0.15, -0.1) is 0 Å². The number of amides is 1. The number of carbonyl (C=O) groups is 1. The summed E-state index contributed by atoms with van der Waals surface area (Å²) in [5.41, 5.74) is 0.169.